The van der Waals surface area contributed by atoms with E-state index in [1.165, 1.54) is 16.7 Å². The average Bonchev–Trinajstić information content (AvgIpc) is 2.51. The monoisotopic (exact) mass is 309 g/mol. The van der Waals surface area contributed by atoms with Crippen molar-refractivity contribution >= 4 is 0 Å². The average molecular weight is 309 g/mol. The van der Waals surface area contributed by atoms with E-state index in [9.17, 15) is 0 Å². The summed E-state index contributed by atoms with van der Waals surface area (Å²) in [6.45, 7) is 6.19. The Hall–Kier alpha value is -2.41. The van der Waals surface area contributed by atoms with Gasteiger partial charge in [0.1, 0.15) is 0 Å². The summed E-state index contributed by atoms with van der Waals surface area (Å²) in [6, 6.07) is 24.5. The maximum Gasteiger partial charge on any atom is 0.0297 e. The highest BCUT2D eigenvalue weighted by Crippen LogP contribution is 1.92. The van der Waals surface area contributed by atoms with Gasteiger partial charge in [-0.25, -0.2) is 0 Å². The first-order valence-electron chi connectivity index (χ1n) is 7.08. The molecule has 0 bridgehead atoms. The highest BCUT2D eigenvalue weighted by atomic mass is 14.6. The molecule has 1 nitrogen and oxygen atoms in total. The first-order valence-corrected chi connectivity index (χ1v) is 7.08. The summed E-state index contributed by atoms with van der Waals surface area (Å²) in [7, 11) is 0. The van der Waals surface area contributed by atoms with Crippen molar-refractivity contribution in [3.05, 3.63) is 102 Å². The lowest BCUT2D eigenvalue weighted by Gasteiger charge is -1.82. The number of hydrogen-bond acceptors (Lipinski definition) is 1. The second-order valence-corrected chi connectivity index (χ2v) is 4.84. The minimum absolute atomic E-state index is 0. The molecule has 0 atom stereocenters. The molecule has 0 N–H and O–H groups in total. The van der Waals surface area contributed by atoms with E-state index in [2.05, 4.69) is 43.1 Å². The van der Waals surface area contributed by atoms with Gasteiger partial charge in [-0.3, -0.25) is 4.98 Å². The van der Waals surface area contributed by atoms with Gasteiger partial charge in [0.2, 0.25) is 0 Å². The molecule has 23 heavy (non-hydrogen) atoms. The lowest BCUT2D eigenvalue weighted by atomic mass is 10.2. The summed E-state index contributed by atoms with van der Waals surface area (Å²) in [4.78, 5) is 3.88. The molecule has 3 rings (SSSR count). The van der Waals surface area contributed by atoms with Crippen molar-refractivity contribution in [3.63, 3.8) is 0 Å². The van der Waals surface area contributed by atoms with Crippen LogP contribution in [0, 0.1) is 20.8 Å². The summed E-state index contributed by atoms with van der Waals surface area (Å²) in [5.74, 6) is 0. The molecule has 0 aliphatic rings. The molecule has 124 valence electrons. The third kappa shape index (κ3) is 13.0. The van der Waals surface area contributed by atoms with E-state index in [-0.39, 0.29) is 14.9 Å². The molecule has 0 saturated carbocycles. The van der Waals surface area contributed by atoms with Crippen LogP contribution in [0.4, 0.5) is 0 Å². The molecule has 2 aromatic carbocycles. The number of hydrogen-bond donors (Lipinski definition) is 0. The van der Waals surface area contributed by atoms with Crippen LogP contribution in [0.15, 0.2) is 85.2 Å². The van der Waals surface area contributed by atoms with E-state index >= 15 is 0 Å². The molecule has 0 spiro atoms. The maximum atomic E-state index is 3.88. The minimum Gasteiger partial charge on any atom is -0.264 e. The van der Waals surface area contributed by atoms with Crippen LogP contribution in [-0.4, -0.2) is 4.98 Å². The van der Waals surface area contributed by atoms with Crippen molar-refractivity contribution in [3.8, 4) is 0 Å². The van der Waals surface area contributed by atoms with Crippen molar-refractivity contribution in [1.29, 1.82) is 0 Å². The number of aryl methyl sites for hydroxylation is 3. The SMILES string of the molecule is C.C.Cc1ccccc1.Cc1ccccc1.Cc1cccnc1. The molecule has 0 saturated heterocycles. The fraction of sp³-hybridized carbons (Fsp3) is 0.227. The van der Waals surface area contributed by atoms with Crippen molar-refractivity contribution in [2.45, 2.75) is 35.6 Å². The Balaban J connectivity index is 0. The molecule has 1 heteroatoms. The summed E-state index contributed by atoms with van der Waals surface area (Å²) in [6.07, 6.45) is 3.60. The van der Waals surface area contributed by atoms with E-state index in [0.717, 1.165) is 0 Å². The van der Waals surface area contributed by atoms with Crippen LogP contribution in [-0.2, 0) is 0 Å². The molecule has 1 heterocycles. The number of aromatic nitrogens is 1. The van der Waals surface area contributed by atoms with Gasteiger partial charge in [0.25, 0.3) is 0 Å². The second kappa shape index (κ2) is 14.5. The van der Waals surface area contributed by atoms with E-state index in [0.29, 0.717) is 0 Å². The predicted octanol–water partition coefficient (Wildman–Crippen LogP) is 6.65. The number of benzene rings is 2. The minimum atomic E-state index is 0. The van der Waals surface area contributed by atoms with Gasteiger partial charge in [-0.1, -0.05) is 92.7 Å². The largest absolute Gasteiger partial charge is 0.264 e. The quantitative estimate of drug-likeness (QED) is 0.453. The third-order valence-electron chi connectivity index (χ3n) is 2.69. The van der Waals surface area contributed by atoms with E-state index < -0.39 is 0 Å². The normalized spacial score (nSPS) is 7.96. The standard InChI is InChI=1S/2C7H8.C6H7N.2CH4/c2*1-7-5-3-2-4-6-7;1-6-3-2-4-7-5-6;;/h2*2-6H,1H3;2-5H,1H3;2*1H4. The fourth-order valence-electron chi connectivity index (χ4n) is 1.52. The Morgan fingerprint density at radius 2 is 0.913 bits per heavy atom. The Morgan fingerprint density at radius 1 is 0.522 bits per heavy atom. The fourth-order valence-corrected chi connectivity index (χ4v) is 1.52. The zero-order valence-corrected chi connectivity index (χ0v) is 13.0. The van der Waals surface area contributed by atoms with Gasteiger partial charge < -0.3 is 0 Å². The molecular formula is C22H31N. The maximum absolute atomic E-state index is 3.88. The van der Waals surface area contributed by atoms with Gasteiger partial charge in [-0.05, 0) is 32.4 Å². The highest BCUT2D eigenvalue weighted by Gasteiger charge is 1.73. The number of rotatable bonds is 0. The number of pyridine rings is 1. The molecule has 0 fully saturated rings. The molecule has 3 aromatic rings. The third-order valence-corrected chi connectivity index (χ3v) is 2.69. The zero-order chi connectivity index (χ0) is 15.3. The predicted molar refractivity (Wildman–Crippen MR) is 105 cm³/mol. The lowest BCUT2D eigenvalue weighted by molar-refractivity contribution is 1.27. The Morgan fingerprint density at radius 3 is 1.09 bits per heavy atom. The van der Waals surface area contributed by atoms with Crippen LogP contribution in [0.2, 0.25) is 0 Å². The van der Waals surface area contributed by atoms with Gasteiger partial charge >= 0.3 is 0 Å². The van der Waals surface area contributed by atoms with Gasteiger partial charge in [0.15, 0.2) is 0 Å². The van der Waals surface area contributed by atoms with Crippen LogP contribution >= 0.6 is 0 Å². The van der Waals surface area contributed by atoms with Gasteiger partial charge in [-0.15, -0.1) is 0 Å². The Kier molecular flexibility index (Phi) is 14.4. The van der Waals surface area contributed by atoms with Crippen LogP contribution in [0.5, 0.6) is 0 Å². The molecule has 0 unspecified atom stereocenters. The van der Waals surface area contributed by atoms with E-state index in [4.69, 9.17) is 0 Å². The molecule has 0 aliphatic heterocycles. The van der Waals surface area contributed by atoms with Gasteiger partial charge in [0, 0.05) is 12.4 Å². The van der Waals surface area contributed by atoms with Crippen LogP contribution in [0.1, 0.15) is 31.5 Å². The van der Waals surface area contributed by atoms with E-state index in [1.54, 1.807) is 6.20 Å². The van der Waals surface area contributed by atoms with E-state index in [1.807, 2.05) is 61.7 Å². The molecule has 1 aromatic heterocycles. The topological polar surface area (TPSA) is 12.9 Å². The summed E-state index contributed by atoms with van der Waals surface area (Å²) in [5, 5.41) is 0. The first kappa shape index (κ1) is 22.9. The van der Waals surface area contributed by atoms with Crippen molar-refractivity contribution in [2.75, 3.05) is 0 Å². The Labute approximate surface area is 143 Å². The molecular weight excluding hydrogens is 278 g/mol. The first-order chi connectivity index (χ1) is 10.2. The van der Waals surface area contributed by atoms with Crippen LogP contribution in [0.25, 0.3) is 0 Å². The molecule has 0 radical (unpaired) electrons. The second-order valence-electron chi connectivity index (χ2n) is 4.84. The lowest BCUT2D eigenvalue weighted by Crippen LogP contribution is -1.69. The smallest absolute Gasteiger partial charge is 0.0297 e. The number of nitrogens with zero attached hydrogens (tertiary/aromatic N) is 1. The zero-order valence-electron chi connectivity index (χ0n) is 13.0. The van der Waals surface area contributed by atoms with Gasteiger partial charge in [0.05, 0.1) is 0 Å². The van der Waals surface area contributed by atoms with Crippen molar-refractivity contribution < 1.29 is 0 Å². The summed E-state index contributed by atoms with van der Waals surface area (Å²) in [5.41, 5.74) is 3.85. The highest BCUT2D eigenvalue weighted by molar-refractivity contribution is 5.12. The molecule has 0 aliphatic carbocycles. The van der Waals surface area contributed by atoms with Crippen molar-refractivity contribution in [2.24, 2.45) is 0 Å². The van der Waals surface area contributed by atoms with Gasteiger partial charge in [-0.2, -0.15) is 0 Å². The summed E-state index contributed by atoms with van der Waals surface area (Å²) >= 11 is 0. The Bertz CT molecular complexity index is 485. The van der Waals surface area contributed by atoms with Crippen LogP contribution in [0.3, 0.4) is 0 Å². The summed E-state index contributed by atoms with van der Waals surface area (Å²) < 4.78 is 0. The van der Waals surface area contributed by atoms with Crippen LogP contribution < -0.4 is 0 Å². The van der Waals surface area contributed by atoms with Crippen molar-refractivity contribution in [1.82, 2.24) is 4.98 Å². The molecule has 0 amide bonds.